The number of rotatable bonds is 6. The van der Waals surface area contributed by atoms with Crippen molar-refractivity contribution in [2.45, 2.75) is 44.7 Å². The van der Waals surface area contributed by atoms with E-state index in [-0.39, 0.29) is 11.9 Å². The molecule has 5 heteroatoms. The molecule has 1 unspecified atom stereocenters. The predicted molar refractivity (Wildman–Crippen MR) is 76.6 cm³/mol. The average Bonchev–Trinajstić information content (AvgIpc) is 2.86. The molecule has 1 aliphatic heterocycles. The van der Waals surface area contributed by atoms with Gasteiger partial charge in [-0.25, -0.2) is 4.79 Å². The minimum atomic E-state index is -0.970. The summed E-state index contributed by atoms with van der Waals surface area (Å²) in [6.07, 6.45) is 2.77. The lowest BCUT2D eigenvalue weighted by atomic mass is 10.1. The van der Waals surface area contributed by atoms with Gasteiger partial charge in [0, 0.05) is 12.1 Å². The Labute approximate surface area is 118 Å². The molecule has 1 aliphatic rings. The van der Waals surface area contributed by atoms with Crippen molar-refractivity contribution >= 4 is 17.6 Å². The van der Waals surface area contributed by atoms with Crippen molar-refractivity contribution in [1.82, 2.24) is 5.32 Å². The number of aliphatic carboxylic acids is 1. The van der Waals surface area contributed by atoms with Gasteiger partial charge in [-0.3, -0.25) is 4.79 Å². The van der Waals surface area contributed by atoms with Crippen LogP contribution in [0, 0.1) is 0 Å². The number of benzene rings is 1. The summed E-state index contributed by atoms with van der Waals surface area (Å²) in [7, 11) is 0. The Morgan fingerprint density at radius 3 is 2.85 bits per heavy atom. The summed E-state index contributed by atoms with van der Waals surface area (Å²) in [5, 5.41) is 14.9. The highest BCUT2D eigenvalue weighted by molar-refractivity contribution is 5.90. The number of carbonyl (C=O) groups is 2. The van der Waals surface area contributed by atoms with Crippen LogP contribution in [0.4, 0.5) is 5.69 Å². The number of carboxylic acid groups (broad SMARTS) is 1. The molecule has 0 aliphatic carbocycles. The van der Waals surface area contributed by atoms with Crippen LogP contribution in [0.15, 0.2) is 24.3 Å². The average molecular weight is 276 g/mol. The van der Waals surface area contributed by atoms with E-state index in [1.807, 2.05) is 31.2 Å². The normalized spacial score (nSPS) is 17.9. The Morgan fingerprint density at radius 1 is 1.45 bits per heavy atom. The first kappa shape index (κ1) is 14.4. The topological polar surface area (TPSA) is 78.4 Å². The van der Waals surface area contributed by atoms with Gasteiger partial charge in [0.05, 0.1) is 0 Å². The summed E-state index contributed by atoms with van der Waals surface area (Å²) in [6.45, 7) is 2.00. The van der Waals surface area contributed by atoms with Crippen molar-refractivity contribution in [3.8, 4) is 0 Å². The molecule has 1 heterocycles. The molecule has 5 nitrogen and oxygen atoms in total. The van der Waals surface area contributed by atoms with Gasteiger partial charge in [-0.1, -0.05) is 38.0 Å². The van der Waals surface area contributed by atoms with Crippen molar-refractivity contribution in [3.63, 3.8) is 0 Å². The highest BCUT2D eigenvalue weighted by Gasteiger charge is 2.29. The number of fused-ring (bicyclic) bond motifs is 1. The van der Waals surface area contributed by atoms with Crippen LogP contribution in [-0.4, -0.2) is 29.1 Å². The zero-order valence-corrected chi connectivity index (χ0v) is 11.6. The largest absolute Gasteiger partial charge is 0.480 e. The number of amides is 1. The minimum Gasteiger partial charge on any atom is -0.480 e. The molecule has 20 heavy (non-hydrogen) atoms. The maximum atomic E-state index is 12.2. The van der Waals surface area contributed by atoms with Gasteiger partial charge in [0.1, 0.15) is 12.1 Å². The number of unbranched alkanes of at least 4 members (excludes halogenated alkanes) is 1. The Morgan fingerprint density at radius 2 is 2.20 bits per heavy atom. The van der Waals surface area contributed by atoms with E-state index in [1.165, 1.54) is 0 Å². The summed E-state index contributed by atoms with van der Waals surface area (Å²) >= 11 is 0. The number of hydrogen-bond donors (Lipinski definition) is 3. The van der Waals surface area contributed by atoms with Gasteiger partial charge in [-0.05, 0) is 18.1 Å². The van der Waals surface area contributed by atoms with Gasteiger partial charge in [0.15, 0.2) is 0 Å². The molecule has 0 radical (unpaired) electrons. The third kappa shape index (κ3) is 3.29. The molecule has 2 atom stereocenters. The number of para-hydroxylation sites is 1. The first-order valence-electron chi connectivity index (χ1n) is 6.99. The van der Waals surface area contributed by atoms with Gasteiger partial charge in [0.25, 0.3) is 0 Å². The lowest BCUT2D eigenvalue weighted by Crippen LogP contribution is -2.47. The molecule has 1 aromatic rings. The Hall–Kier alpha value is -2.04. The van der Waals surface area contributed by atoms with Crippen LogP contribution in [0.2, 0.25) is 0 Å². The highest BCUT2D eigenvalue weighted by atomic mass is 16.4. The van der Waals surface area contributed by atoms with Crippen LogP contribution >= 0.6 is 0 Å². The van der Waals surface area contributed by atoms with Gasteiger partial charge >= 0.3 is 5.97 Å². The summed E-state index contributed by atoms with van der Waals surface area (Å²) in [5.41, 5.74) is 2.04. The summed E-state index contributed by atoms with van der Waals surface area (Å²) < 4.78 is 0. The third-order valence-corrected chi connectivity index (χ3v) is 3.55. The monoisotopic (exact) mass is 276 g/mol. The molecule has 0 saturated heterocycles. The van der Waals surface area contributed by atoms with Crippen LogP contribution in [0.25, 0.3) is 0 Å². The van der Waals surface area contributed by atoms with Crippen molar-refractivity contribution in [1.29, 1.82) is 0 Å². The zero-order valence-electron chi connectivity index (χ0n) is 11.6. The molecule has 3 N–H and O–H groups in total. The molecule has 0 spiro atoms. The molecular formula is C15H20N2O3. The van der Waals surface area contributed by atoms with E-state index in [0.29, 0.717) is 12.8 Å². The molecule has 0 aromatic heterocycles. The second kappa shape index (κ2) is 6.41. The smallest absolute Gasteiger partial charge is 0.326 e. The maximum Gasteiger partial charge on any atom is 0.326 e. The third-order valence-electron chi connectivity index (χ3n) is 3.55. The zero-order chi connectivity index (χ0) is 14.5. The lowest BCUT2D eigenvalue weighted by molar-refractivity contribution is -0.142. The van der Waals surface area contributed by atoms with Crippen LogP contribution in [-0.2, 0) is 16.0 Å². The van der Waals surface area contributed by atoms with E-state index < -0.39 is 12.0 Å². The van der Waals surface area contributed by atoms with E-state index >= 15 is 0 Å². The van der Waals surface area contributed by atoms with Crippen LogP contribution in [0.3, 0.4) is 0 Å². The van der Waals surface area contributed by atoms with E-state index in [9.17, 15) is 9.59 Å². The minimum absolute atomic E-state index is 0.246. The number of hydrogen-bond acceptors (Lipinski definition) is 3. The van der Waals surface area contributed by atoms with Crippen molar-refractivity contribution in [2.75, 3.05) is 5.32 Å². The molecule has 1 amide bonds. The molecular weight excluding hydrogens is 256 g/mol. The predicted octanol–water partition coefficient (Wildman–Crippen LogP) is 1.78. The summed E-state index contributed by atoms with van der Waals surface area (Å²) in [4.78, 5) is 23.3. The van der Waals surface area contributed by atoms with Crippen LogP contribution in [0.5, 0.6) is 0 Å². The number of nitrogens with one attached hydrogen (secondary N) is 2. The molecule has 2 rings (SSSR count). The molecule has 108 valence electrons. The fraction of sp³-hybridized carbons (Fsp3) is 0.467. The van der Waals surface area contributed by atoms with E-state index in [4.69, 9.17) is 5.11 Å². The number of anilines is 1. The number of carbonyl (C=O) groups excluding carboxylic acids is 1. The summed E-state index contributed by atoms with van der Waals surface area (Å²) in [6, 6.07) is 6.56. The van der Waals surface area contributed by atoms with Gasteiger partial charge in [-0.2, -0.15) is 0 Å². The first-order chi connectivity index (χ1) is 9.61. The Bertz CT molecular complexity index is 477. The van der Waals surface area contributed by atoms with Crippen LogP contribution in [0.1, 0.15) is 31.7 Å². The van der Waals surface area contributed by atoms with Gasteiger partial charge in [0.2, 0.25) is 5.91 Å². The molecule has 0 bridgehead atoms. The fourth-order valence-electron chi connectivity index (χ4n) is 2.39. The SMILES string of the molecule is CCCCC(NC(=O)[C@@H]1Cc2ccccc2N1)C(=O)O. The molecule has 0 saturated carbocycles. The first-order valence-corrected chi connectivity index (χ1v) is 6.99. The second-order valence-corrected chi connectivity index (χ2v) is 5.10. The van der Waals surface area contributed by atoms with Crippen molar-refractivity contribution in [2.24, 2.45) is 0 Å². The van der Waals surface area contributed by atoms with Gasteiger partial charge < -0.3 is 15.7 Å². The second-order valence-electron chi connectivity index (χ2n) is 5.10. The highest BCUT2D eigenvalue weighted by Crippen LogP contribution is 2.25. The molecule has 0 fully saturated rings. The maximum absolute atomic E-state index is 12.2. The molecule has 1 aromatic carbocycles. The lowest BCUT2D eigenvalue weighted by Gasteiger charge is -2.17. The number of carboxylic acids is 1. The van der Waals surface area contributed by atoms with E-state index in [0.717, 1.165) is 24.1 Å². The van der Waals surface area contributed by atoms with Crippen LogP contribution < -0.4 is 10.6 Å². The van der Waals surface area contributed by atoms with E-state index in [2.05, 4.69) is 10.6 Å². The Balaban J connectivity index is 1.94. The van der Waals surface area contributed by atoms with Crippen molar-refractivity contribution in [3.05, 3.63) is 29.8 Å². The quantitative estimate of drug-likeness (QED) is 0.740. The van der Waals surface area contributed by atoms with Gasteiger partial charge in [-0.15, -0.1) is 0 Å². The standard InChI is InChI=1S/C15H20N2O3/c1-2-3-7-12(15(19)20)17-14(18)13-9-10-6-4-5-8-11(10)16-13/h4-6,8,12-13,16H,2-3,7,9H2,1H3,(H,17,18)(H,19,20)/t12?,13-/m0/s1. The van der Waals surface area contributed by atoms with Crippen molar-refractivity contribution < 1.29 is 14.7 Å². The fourth-order valence-corrected chi connectivity index (χ4v) is 2.39. The Kier molecular flexibility index (Phi) is 4.61. The van der Waals surface area contributed by atoms with E-state index in [1.54, 1.807) is 0 Å². The summed E-state index contributed by atoms with van der Waals surface area (Å²) in [5.74, 6) is -1.22.